The standard InChI is InChI=1S/C14H24N4O2S3/c1-3-18(4-2)23(19,20)13-6-5-12(22-13)11-16-14(15)17-7-9-21-10-8-17/h5-6H,3-4,7-11H2,1-2H3,(H2,15,16). The highest BCUT2D eigenvalue weighted by Crippen LogP contribution is 2.25. The summed E-state index contributed by atoms with van der Waals surface area (Å²) in [6, 6.07) is 3.49. The van der Waals surface area contributed by atoms with Gasteiger partial charge in [-0.3, -0.25) is 0 Å². The molecule has 1 aliphatic rings. The van der Waals surface area contributed by atoms with Gasteiger partial charge < -0.3 is 10.6 Å². The third kappa shape index (κ3) is 4.62. The molecule has 0 aromatic carbocycles. The fourth-order valence-corrected chi connectivity index (χ4v) is 6.12. The third-order valence-electron chi connectivity index (χ3n) is 3.67. The Morgan fingerprint density at radius 3 is 2.57 bits per heavy atom. The zero-order chi connectivity index (χ0) is 16.9. The van der Waals surface area contributed by atoms with Gasteiger partial charge in [0.25, 0.3) is 10.0 Å². The van der Waals surface area contributed by atoms with Crippen molar-refractivity contribution in [1.29, 1.82) is 0 Å². The molecule has 0 aliphatic carbocycles. The van der Waals surface area contributed by atoms with Crippen LogP contribution in [0.2, 0.25) is 0 Å². The van der Waals surface area contributed by atoms with Gasteiger partial charge in [-0.1, -0.05) is 13.8 Å². The number of sulfonamides is 1. The second-order valence-corrected chi connectivity index (χ2v) is 9.64. The molecule has 0 bridgehead atoms. The predicted molar refractivity (Wildman–Crippen MR) is 98.7 cm³/mol. The smallest absolute Gasteiger partial charge is 0.252 e. The molecular formula is C14H24N4O2S3. The van der Waals surface area contributed by atoms with Gasteiger partial charge in [0, 0.05) is 42.6 Å². The van der Waals surface area contributed by atoms with Gasteiger partial charge in [-0.15, -0.1) is 11.3 Å². The van der Waals surface area contributed by atoms with Gasteiger partial charge in [0.15, 0.2) is 5.96 Å². The number of hydrogen-bond donors (Lipinski definition) is 1. The van der Waals surface area contributed by atoms with E-state index in [2.05, 4.69) is 9.89 Å². The Balaban J connectivity index is 2.04. The van der Waals surface area contributed by atoms with E-state index in [0.717, 1.165) is 29.5 Å². The molecule has 0 saturated carbocycles. The Morgan fingerprint density at radius 1 is 1.30 bits per heavy atom. The molecule has 1 saturated heterocycles. The molecule has 0 unspecified atom stereocenters. The van der Waals surface area contributed by atoms with Crippen LogP contribution in [0.1, 0.15) is 18.7 Å². The van der Waals surface area contributed by atoms with Crippen LogP contribution in [0.4, 0.5) is 0 Å². The Hall–Kier alpha value is -0.770. The van der Waals surface area contributed by atoms with Crippen LogP contribution < -0.4 is 5.73 Å². The fourth-order valence-electron chi connectivity index (χ4n) is 2.32. The van der Waals surface area contributed by atoms with E-state index in [0.29, 0.717) is 29.8 Å². The van der Waals surface area contributed by atoms with Crippen molar-refractivity contribution in [3.8, 4) is 0 Å². The van der Waals surface area contributed by atoms with E-state index < -0.39 is 10.0 Å². The highest BCUT2D eigenvalue weighted by molar-refractivity contribution is 7.99. The lowest BCUT2D eigenvalue weighted by Gasteiger charge is -2.27. The van der Waals surface area contributed by atoms with Crippen molar-refractivity contribution in [3.05, 3.63) is 17.0 Å². The fraction of sp³-hybridized carbons (Fsp3) is 0.643. The topological polar surface area (TPSA) is 79.0 Å². The summed E-state index contributed by atoms with van der Waals surface area (Å²) in [4.78, 5) is 7.40. The van der Waals surface area contributed by atoms with Crippen LogP contribution in [0.5, 0.6) is 0 Å². The summed E-state index contributed by atoms with van der Waals surface area (Å²) in [7, 11) is -3.38. The number of aliphatic imine (C=N–C) groups is 1. The third-order valence-corrected chi connectivity index (χ3v) is 8.20. The van der Waals surface area contributed by atoms with E-state index in [4.69, 9.17) is 5.73 Å². The molecule has 2 N–H and O–H groups in total. The molecule has 2 rings (SSSR count). The number of nitrogens with two attached hydrogens (primary N) is 1. The summed E-state index contributed by atoms with van der Waals surface area (Å²) < 4.78 is 26.8. The molecule has 0 amide bonds. The van der Waals surface area contributed by atoms with E-state index in [1.165, 1.54) is 15.6 Å². The van der Waals surface area contributed by atoms with Gasteiger partial charge >= 0.3 is 0 Å². The Bertz CT molecular complexity index is 632. The van der Waals surface area contributed by atoms with Gasteiger partial charge in [-0.2, -0.15) is 16.1 Å². The first-order chi connectivity index (χ1) is 11.0. The predicted octanol–water partition coefficient (Wildman–Crippen LogP) is 1.64. The van der Waals surface area contributed by atoms with Crippen LogP contribution in [0.15, 0.2) is 21.3 Å². The summed E-state index contributed by atoms with van der Waals surface area (Å²) in [6.45, 7) is 6.91. The molecule has 6 nitrogen and oxygen atoms in total. The zero-order valence-electron chi connectivity index (χ0n) is 13.6. The number of thiophene rings is 1. The molecule has 1 aliphatic heterocycles. The number of thioether (sulfide) groups is 1. The van der Waals surface area contributed by atoms with Crippen molar-refractivity contribution in [1.82, 2.24) is 9.21 Å². The summed E-state index contributed by atoms with van der Waals surface area (Å²) >= 11 is 3.19. The van der Waals surface area contributed by atoms with Gasteiger partial charge in [0.05, 0.1) is 6.54 Å². The van der Waals surface area contributed by atoms with E-state index in [-0.39, 0.29) is 0 Å². The maximum atomic E-state index is 12.5. The maximum absolute atomic E-state index is 12.5. The minimum absolute atomic E-state index is 0.374. The number of hydrogen-bond acceptors (Lipinski definition) is 5. The van der Waals surface area contributed by atoms with E-state index in [1.54, 1.807) is 6.07 Å². The first-order valence-corrected chi connectivity index (χ1v) is 11.1. The highest BCUT2D eigenvalue weighted by atomic mass is 32.2. The first-order valence-electron chi connectivity index (χ1n) is 7.70. The molecule has 1 fully saturated rings. The second kappa shape index (κ2) is 8.36. The molecule has 1 aromatic heterocycles. The molecule has 2 heterocycles. The second-order valence-electron chi connectivity index (χ2n) is 5.08. The summed E-state index contributed by atoms with van der Waals surface area (Å²) in [6.07, 6.45) is 0. The molecule has 23 heavy (non-hydrogen) atoms. The van der Waals surface area contributed by atoms with Gasteiger partial charge in [-0.05, 0) is 12.1 Å². The average Bonchev–Trinajstić information content (AvgIpc) is 3.04. The first kappa shape index (κ1) is 18.6. The van der Waals surface area contributed by atoms with E-state index in [1.807, 2.05) is 31.7 Å². The molecule has 0 atom stereocenters. The summed E-state index contributed by atoms with van der Waals surface area (Å²) in [5.74, 6) is 2.69. The SMILES string of the molecule is CCN(CC)S(=O)(=O)c1ccc(CN=C(N)N2CCSCC2)s1. The van der Waals surface area contributed by atoms with Gasteiger partial charge in [-0.25, -0.2) is 13.4 Å². The zero-order valence-corrected chi connectivity index (χ0v) is 16.0. The molecule has 0 radical (unpaired) electrons. The van der Waals surface area contributed by atoms with Crippen molar-refractivity contribution in [2.75, 3.05) is 37.7 Å². The van der Waals surface area contributed by atoms with Crippen molar-refractivity contribution >= 4 is 39.1 Å². The Morgan fingerprint density at radius 2 is 1.96 bits per heavy atom. The van der Waals surface area contributed by atoms with Crippen LogP contribution in [-0.4, -0.2) is 61.3 Å². The molecule has 130 valence electrons. The lowest BCUT2D eigenvalue weighted by atomic mass is 10.5. The monoisotopic (exact) mass is 376 g/mol. The number of guanidine groups is 1. The molecule has 1 aromatic rings. The van der Waals surface area contributed by atoms with Crippen molar-refractivity contribution < 1.29 is 8.42 Å². The summed E-state index contributed by atoms with van der Waals surface area (Å²) in [5, 5.41) is 0. The van der Waals surface area contributed by atoms with Crippen LogP contribution in [0.25, 0.3) is 0 Å². The van der Waals surface area contributed by atoms with Crippen LogP contribution in [0.3, 0.4) is 0 Å². The van der Waals surface area contributed by atoms with Gasteiger partial charge in [0.2, 0.25) is 0 Å². The van der Waals surface area contributed by atoms with E-state index in [9.17, 15) is 8.42 Å². The largest absolute Gasteiger partial charge is 0.370 e. The highest BCUT2D eigenvalue weighted by Gasteiger charge is 2.23. The van der Waals surface area contributed by atoms with Crippen LogP contribution >= 0.6 is 23.1 Å². The minimum Gasteiger partial charge on any atom is -0.370 e. The number of nitrogens with zero attached hydrogens (tertiary/aromatic N) is 3. The normalized spacial score (nSPS) is 17.0. The van der Waals surface area contributed by atoms with Gasteiger partial charge in [0.1, 0.15) is 4.21 Å². The number of rotatable bonds is 6. The Labute approximate surface area is 146 Å². The van der Waals surface area contributed by atoms with Crippen molar-refractivity contribution in [2.24, 2.45) is 10.7 Å². The lowest BCUT2D eigenvalue weighted by Crippen LogP contribution is -2.42. The lowest BCUT2D eigenvalue weighted by molar-refractivity contribution is 0.447. The Kier molecular flexibility index (Phi) is 6.75. The minimum atomic E-state index is -3.38. The van der Waals surface area contributed by atoms with Crippen LogP contribution in [0, 0.1) is 0 Å². The maximum Gasteiger partial charge on any atom is 0.252 e. The average molecular weight is 377 g/mol. The van der Waals surface area contributed by atoms with Crippen molar-refractivity contribution in [3.63, 3.8) is 0 Å². The van der Waals surface area contributed by atoms with Crippen LogP contribution in [-0.2, 0) is 16.6 Å². The quantitative estimate of drug-likeness (QED) is 0.603. The molecule has 9 heteroatoms. The molecule has 0 spiro atoms. The molecular weight excluding hydrogens is 352 g/mol. The van der Waals surface area contributed by atoms with Crippen molar-refractivity contribution in [2.45, 2.75) is 24.6 Å². The summed E-state index contributed by atoms with van der Waals surface area (Å²) in [5.41, 5.74) is 6.02. The van der Waals surface area contributed by atoms with E-state index >= 15 is 0 Å².